The van der Waals surface area contributed by atoms with Crippen LogP contribution in [0.3, 0.4) is 0 Å². The molecule has 120 valence electrons. The Morgan fingerprint density at radius 3 is 2.74 bits per heavy atom. The number of hydrogen-bond donors (Lipinski definition) is 0. The second-order valence-electron chi connectivity index (χ2n) is 5.39. The van der Waals surface area contributed by atoms with Crippen LogP contribution in [0, 0.1) is 13.8 Å². The van der Waals surface area contributed by atoms with E-state index in [0.717, 1.165) is 28.0 Å². The van der Waals surface area contributed by atoms with Gasteiger partial charge in [-0.25, -0.2) is 0 Å². The molecule has 0 radical (unpaired) electrons. The first-order valence-electron chi connectivity index (χ1n) is 7.30. The number of thiazole rings is 1. The van der Waals surface area contributed by atoms with Crippen LogP contribution in [0.15, 0.2) is 23.2 Å². The van der Waals surface area contributed by atoms with Gasteiger partial charge >= 0.3 is 0 Å². The first-order valence-corrected chi connectivity index (χ1v) is 8.50. The summed E-state index contributed by atoms with van der Waals surface area (Å²) in [6.45, 7) is 6.66. The van der Waals surface area contributed by atoms with Gasteiger partial charge in [-0.15, -0.1) is 0 Å². The lowest BCUT2D eigenvalue weighted by molar-refractivity contribution is 0.0992. The monoisotopic (exact) mass is 348 g/mol. The van der Waals surface area contributed by atoms with Crippen molar-refractivity contribution in [2.75, 3.05) is 0 Å². The standard InChI is InChI=1S/C16H17ClN4OS/c1-5-21-10(3)8-12(19-21)15(22)18-16-20(4)13-9(2)6-7-11(17)14(13)23-16/h6-8H,5H2,1-4H3. The Balaban J connectivity index is 2.14. The van der Waals surface area contributed by atoms with Crippen LogP contribution < -0.4 is 4.80 Å². The maximum Gasteiger partial charge on any atom is 0.300 e. The van der Waals surface area contributed by atoms with Crippen molar-refractivity contribution in [3.05, 3.63) is 45.0 Å². The molecule has 7 heteroatoms. The van der Waals surface area contributed by atoms with Crippen LogP contribution in [0.2, 0.25) is 5.02 Å². The normalized spacial score (nSPS) is 12.3. The number of rotatable bonds is 2. The average molecular weight is 349 g/mol. The molecule has 0 aliphatic rings. The summed E-state index contributed by atoms with van der Waals surface area (Å²) < 4.78 is 4.63. The lowest BCUT2D eigenvalue weighted by atomic mass is 10.2. The molecule has 0 saturated heterocycles. The lowest BCUT2D eigenvalue weighted by Gasteiger charge is -2.00. The number of benzene rings is 1. The van der Waals surface area contributed by atoms with Crippen LogP contribution in [0.25, 0.3) is 10.2 Å². The van der Waals surface area contributed by atoms with Crippen molar-refractivity contribution >= 4 is 39.1 Å². The fourth-order valence-electron chi connectivity index (χ4n) is 2.59. The van der Waals surface area contributed by atoms with Crippen LogP contribution in [0.1, 0.15) is 28.7 Å². The van der Waals surface area contributed by atoms with Gasteiger partial charge < -0.3 is 4.57 Å². The minimum Gasteiger partial charge on any atom is -0.319 e. The number of fused-ring (bicyclic) bond motifs is 1. The molecule has 0 spiro atoms. The van der Waals surface area contributed by atoms with Crippen molar-refractivity contribution in [1.82, 2.24) is 14.3 Å². The molecule has 1 amide bonds. The quantitative estimate of drug-likeness (QED) is 0.712. The van der Waals surface area contributed by atoms with Crippen molar-refractivity contribution in [1.29, 1.82) is 0 Å². The highest BCUT2D eigenvalue weighted by molar-refractivity contribution is 7.17. The summed E-state index contributed by atoms with van der Waals surface area (Å²) in [5.74, 6) is -0.337. The number of aromatic nitrogens is 3. The van der Waals surface area contributed by atoms with Crippen molar-refractivity contribution in [2.45, 2.75) is 27.3 Å². The summed E-state index contributed by atoms with van der Waals surface area (Å²) in [5, 5.41) is 4.96. The molecule has 0 atom stereocenters. The Morgan fingerprint density at radius 2 is 2.13 bits per heavy atom. The molecule has 5 nitrogen and oxygen atoms in total. The Bertz CT molecular complexity index is 980. The first-order chi connectivity index (χ1) is 10.9. The van der Waals surface area contributed by atoms with Gasteiger partial charge in [0, 0.05) is 19.3 Å². The van der Waals surface area contributed by atoms with Gasteiger partial charge in [-0.1, -0.05) is 29.0 Å². The number of hydrogen-bond acceptors (Lipinski definition) is 3. The summed E-state index contributed by atoms with van der Waals surface area (Å²) in [6.07, 6.45) is 0. The van der Waals surface area contributed by atoms with E-state index in [0.29, 0.717) is 15.5 Å². The van der Waals surface area contributed by atoms with Gasteiger partial charge in [0.15, 0.2) is 10.5 Å². The highest BCUT2D eigenvalue weighted by Gasteiger charge is 2.13. The first kappa shape index (κ1) is 16.0. The molecule has 0 unspecified atom stereocenters. The molecule has 0 N–H and O–H groups in total. The highest BCUT2D eigenvalue weighted by Crippen LogP contribution is 2.28. The minimum absolute atomic E-state index is 0.337. The van der Waals surface area contributed by atoms with Crippen molar-refractivity contribution in [3.63, 3.8) is 0 Å². The Hall–Kier alpha value is -1.92. The minimum atomic E-state index is -0.337. The molecule has 2 aromatic heterocycles. The third kappa shape index (κ3) is 2.72. The highest BCUT2D eigenvalue weighted by atomic mass is 35.5. The van der Waals surface area contributed by atoms with E-state index < -0.39 is 0 Å². The summed E-state index contributed by atoms with van der Waals surface area (Å²) >= 11 is 7.68. The second kappa shape index (κ2) is 5.94. The van der Waals surface area contributed by atoms with E-state index in [2.05, 4.69) is 10.1 Å². The van der Waals surface area contributed by atoms with Crippen LogP contribution in [-0.2, 0) is 13.6 Å². The van der Waals surface area contributed by atoms with E-state index in [9.17, 15) is 4.79 Å². The van der Waals surface area contributed by atoms with Crippen LogP contribution in [0.4, 0.5) is 0 Å². The fourth-order valence-corrected chi connectivity index (χ4v) is 3.96. The van der Waals surface area contributed by atoms with Crippen molar-refractivity contribution in [3.8, 4) is 0 Å². The Kier molecular flexibility index (Phi) is 4.12. The number of amides is 1. The smallest absolute Gasteiger partial charge is 0.300 e. The third-order valence-electron chi connectivity index (χ3n) is 3.80. The molecule has 1 aromatic carbocycles. The number of carbonyl (C=O) groups is 1. The molecule has 0 saturated carbocycles. The second-order valence-corrected chi connectivity index (χ2v) is 6.77. The predicted molar refractivity (Wildman–Crippen MR) is 93.1 cm³/mol. The topological polar surface area (TPSA) is 52.2 Å². The maximum absolute atomic E-state index is 12.4. The van der Waals surface area contributed by atoms with Gasteiger partial charge in [0.05, 0.1) is 15.2 Å². The van der Waals surface area contributed by atoms with Gasteiger partial charge in [0.25, 0.3) is 5.91 Å². The summed E-state index contributed by atoms with van der Waals surface area (Å²) in [5.41, 5.74) is 3.42. The van der Waals surface area contributed by atoms with Crippen molar-refractivity contribution in [2.24, 2.45) is 12.0 Å². The zero-order chi connectivity index (χ0) is 16.7. The van der Waals surface area contributed by atoms with Gasteiger partial charge in [-0.2, -0.15) is 10.1 Å². The molecule has 3 rings (SSSR count). The summed E-state index contributed by atoms with van der Waals surface area (Å²) in [7, 11) is 1.89. The van der Waals surface area contributed by atoms with E-state index >= 15 is 0 Å². The van der Waals surface area contributed by atoms with E-state index in [1.165, 1.54) is 11.3 Å². The maximum atomic E-state index is 12.4. The van der Waals surface area contributed by atoms with E-state index in [-0.39, 0.29) is 5.91 Å². The van der Waals surface area contributed by atoms with Crippen LogP contribution in [0.5, 0.6) is 0 Å². The average Bonchev–Trinajstić information content (AvgIpc) is 3.05. The molecule has 0 aliphatic carbocycles. The zero-order valence-corrected chi connectivity index (χ0v) is 15.0. The summed E-state index contributed by atoms with van der Waals surface area (Å²) in [4.78, 5) is 17.3. The Morgan fingerprint density at radius 1 is 1.39 bits per heavy atom. The molecular formula is C16H17ClN4OS. The SMILES string of the molecule is CCn1nc(C(=O)N=c2sc3c(Cl)ccc(C)c3n2C)cc1C. The fraction of sp³-hybridized carbons (Fsp3) is 0.312. The third-order valence-corrected chi connectivity index (χ3v) is 5.39. The number of carbonyl (C=O) groups excluding carboxylic acids is 1. The molecule has 3 aromatic rings. The van der Waals surface area contributed by atoms with Gasteiger partial charge in [0.2, 0.25) is 0 Å². The number of aryl methyl sites for hydroxylation is 4. The van der Waals surface area contributed by atoms with Crippen LogP contribution in [-0.4, -0.2) is 20.3 Å². The van der Waals surface area contributed by atoms with Gasteiger partial charge in [0.1, 0.15) is 0 Å². The number of halogens is 1. The molecule has 2 heterocycles. The van der Waals surface area contributed by atoms with Crippen LogP contribution >= 0.6 is 22.9 Å². The van der Waals surface area contributed by atoms with Gasteiger partial charge in [-0.05, 0) is 38.5 Å². The molecule has 0 bridgehead atoms. The largest absolute Gasteiger partial charge is 0.319 e. The predicted octanol–water partition coefficient (Wildman–Crippen LogP) is 3.47. The summed E-state index contributed by atoms with van der Waals surface area (Å²) in [6, 6.07) is 5.60. The molecule has 0 fully saturated rings. The number of nitrogens with zero attached hydrogens (tertiary/aromatic N) is 4. The molecular weight excluding hydrogens is 332 g/mol. The lowest BCUT2D eigenvalue weighted by Crippen LogP contribution is -2.14. The Labute approximate surface area is 142 Å². The molecule has 0 aliphatic heterocycles. The van der Waals surface area contributed by atoms with E-state index in [4.69, 9.17) is 11.6 Å². The zero-order valence-electron chi connectivity index (χ0n) is 13.4. The van der Waals surface area contributed by atoms with E-state index in [1.54, 1.807) is 10.7 Å². The van der Waals surface area contributed by atoms with E-state index in [1.807, 2.05) is 44.5 Å². The van der Waals surface area contributed by atoms with Gasteiger partial charge in [-0.3, -0.25) is 9.48 Å². The van der Waals surface area contributed by atoms with Crippen molar-refractivity contribution < 1.29 is 4.79 Å². The molecule has 23 heavy (non-hydrogen) atoms.